The largest absolute Gasteiger partial charge is 0.378 e. The average molecular weight is 348 g/mol. The van der Waals surface area contributed by atoms with Gasteiger partial charge < -0.3 is 9.47 Å². The molecule has 2 fully saturated rings. The van der Waals surface area contributed by atoms with Gasteiger partial charge in [0.05, 0.1) is 18.2 Å². The second-order valence-electron chi connectivity index (χ2n) is 5.06. The van der Waals surface area contributed by atoms with Crippen molar-refractivity contribution in [2.75, 3.05) is 19.8 Å². The SMILES string of the molecule is Cc1cn(C2CCOC3(CCOC3)C2)nc1I. The Morgan fingerprint density at radius 3 is 3.06 bits per heavy atom. The molecule has 0 aliphatic carbocycles. The van der Waals surface area contributed by atoms with Gasteiger partial charge in [0.15, 0.2) is 0 Å². The summed E-state index contributed by atoms with van der Waals surface area (Å²) in [4.78, 5) is 0. The van der Waals surface area contributed by atoms with Crippen molar-refractivity contribution < 1.29 is 9.47 Å². The molecule has 4 nitrogen and oxygen atoms in total. The Bertz CT molecular complexity index is 393. The lowest BCUT2D eigenvalue weighted by Crippen LogP contribution is -2.41. The summed E-state index contributed by atoms with van der Waals surface area (Å²) in [5.41, 5.74) is 1.22. The molecule has 1 aromatic rings. The minimum atomic E-state index is -0.0335. The third-order valence-electron chi connectivity index (χ3n) is 3.76. The number of rotatable bonds is 1. The molecule has 1 aromatic heterocycles. The number of ether oxygens (including phenoxy) is 2. The molecule has 1 spiro atoms. The minimum Gasteiger partial charge on any atom is -0.378 e. The van der Waals surface area contributed by atoms with E-state index >= 15 is 0 Å². The van der Waals surface area contributed by atoms with Gasteiger partial charge in [0.1, 0.15) is 3.70 Å². The topological polar surface area (TPSA) is 36.3 Å². The molecular weight excluding hydrogens is 331 g/mol. The normalized spacial score (nSPS) is 33.4. The van der Waals surface area contributed by atoms with E-state index in [0.29, 0.717) is 6.04 Å². The molecule has 3 rings (SSSR count). The Morgan fingerprint density at radius 2 is 2.41 bits per heavy atom. The van der Waals surface area contributed by atoms with Crippen molar-refractivity contribution in [3.05, 3.63) is 15.5 Å². The molecule has 0 radical (unpaired) electrons. The van der Waals surface area contributed by atoms with Gasteiger partial charge in [-0.25, -0.2) is 0 Å². The van der Waals surface area contributed by atoms with E-state index in [1.807, 2.05) is 0 Å². The molecular formula is C12H17IN2O2. The van der Waals surface area contributed by atoms with E-state index in [9.17, 15) is 0 Å². The van der Waals surface area contributed by atoms with Crippen molar-refractivity contribution in [2.45, 2.75) is 37.8 Å². The van der Waals surface area contributed by atoms with E-state index in [4.69, 9.17) is 9.47 Å². The predicted octanol–water partition coefficient (Wildman–Crippen LogP) is 2.31. The van der Waals surface area contributed by atoms with Gasteiger partial charge >= 0.3 is 0 Å². The fourth-order valence-electron chi connectivity index (χ4n) is 2.74. The number of hydrogen-bond acceptors (Lipinski definition) is 3. The lowest BCUT2D eigenvalue weighted by atomic mass is 9.90. The monoisotopic (exact) mass is 348 g/mol. The maximum atomic E-state index is 5.95. The summed E-state index contributed by atoms with van der Waals surface area (Å²) in [6, 6.07) is 0.465. The second-order valence-corrected chi connectivity index (χ2v) is 6.09. The van der Waals surface area contributed by atoms with Crippen LogP contribution >= 0.6 is 22.6 Å². The first-order valence-corrected chi connectivity index (χ1v) is 7.19. The van der Waals surface area contributed by atoms with Crippen molar-refractivity contribution in [3.63, 3.8) is 0 Å². The Kier molecular flexibility index (Phi) is 3.16. The van der Waals surface area contributed by atoms with E-state index in [1.54, 1.807) is 0 Å². The maximum absolute atomic E-state index is 5.95. The Balaban J connectivity index is 1.79. The molecule has 5 heteroatoms. The van der Waals surface area contributed by atoms with Crippen LogP contribution in [0.3, 0.4) is 0 Å². The first kappa shape index (κ1) is 11.9. The lowest BCUT2D eigenvalue weighted by molar-refractivity contribution is -0.0962. The van der Waals surface area contributed by atoms with E-state index in [-0.39, 0.29) is 5.60 Å². The highest BCUT2D eigenvalue weighted by atomic mass is 127. The van der Waals surface area contributed by atoms with E-state index in [2.05, 4.69) is 45.5 Å². The maximum Gasteiger partial charge on any atom is 0.126 e. The van der Waals surface area contributed by atoms with Gasteiger partial charge in [-0.2, -0.15) is 5.10 Å². The average Bonchev–Trinajstić information content (AvgIpc) is 2.88. The Morgan fingerprint density at radius 1 is 1.53 bits per heavy atom. The van der Waals surface area contributed by atoms with Crippen LogP contribution in [0.1, 0.15) is 30.9 Å². The zero-order valence-corrected chi connectivity index (χ0v) is 12.1. The van der Waals surface area contributed by atoms with Crippen LogP contribution in [0.5, 0.6) is 0 Å². The molecule has 0 amide bonds. The minimum absolute atomic E-state index is 0.0335. The Labute approximate surface area is 115 Å². The fourth-order valence-corrected chi connectivity index (χ4v) is 3.13. The van der Waals surface area contributed by atoms with E-state index in [0.717, 1.165) is 42.8 Å². The quantitative estimate of drug-likeness (QED) is 0.731. The first-order valence-electron chi connectivity index (χ1n) is 6.11. The van der Waals surface area contributed by atoms with Gasteiger partial charge in [0.2, 0.25) is 0 Å². The zero-order valence-electron chi connectivity index (χ0n) is 9.99. The molecule has 0 N–H and O–H groups in total. The smallest absolute Gasteiger partial charge is 0.126 e. The van der Waals surface area contributed by atoms with Gasteiger partial charge in [0, 0.05) is 37.8 Å². The second kappa shape index (κ2) is 4.51. The molecule has 0 bridgehead atoms. The molecule has 2 saturated heterocycles. The standard InChI is InChI=1S/C12H17IN2O2/c1-9-7-15(14-11(9)13)10-2-4-17-12(6-10)3-5-16-8-12/h7,10H,2-6,8H2,1H3. The summed E-state index contributed by atoms with van der Waals surface area (Å²) >= 11 is 2.29. The molecule has 94 valence electrons. The number of halogens is 1. The van der Waals surface area contributed by atoms with Crippen LogP contribution in [-0.2, 0) is 9.47 Å². The predicted molar refractivity (Wildman–Crippen MR) is 72.1 cm³/mol. The number of aryl methyl sites for hydroxylation is 1. The number of hydrogen-bond donors (Lipinski definition) is 0. The van der Waals surface area contributed by atoms with Crippen molar-refractivity contribution in [3.8, 4) is 0 Å². The summed E-state index contributed by atoms with van der Waals surface area (Å²) < 4.78 is 14.7. The molecule has 0 aromatic carbocycles. The first-order chi connectivity index (χ1) is 8.19. The van der Waals surface area contributed by atoms with Crippen LogP contribution in [0.4, 0.5) is 0 Å². The Hall–Kier alpha value is -0.140. The summed E-state index contributed by atoms with van der Waals surface area (Å²) in [5, 5.41) is 4.60. The third-order valence-corrected chi connectivity index (χ3v) is 4.83. The van der Waals surface area contributed by atoms with E-state index in [1.165, 1.54) is 5.56 Å². The van der Waals surface area contributed by atoms with Crippen LogP contribution in [0.2, 0.25) is 0 Å². The van der Waals surface area contributed by atoms with E-state index < -0.39 is 0 Å². The molecule has 0 saturated carbocycles. The molecule has 17 heavy (non-hydrogen) atoms. The van der Waals surface area contributed by atoms with Crippen LogP contribution in [0.25, 0.3) is 0 Å². The van der Waals surface area contributed by atoms with Crippen molar-refractivity contribution in [2.24, 2.45) is 0 Å². The third kappa shape index (κ3) is 2.24. The molecule has 3 heterocycles. The summed E-state index contributed by atoms with van der Waals surface area (Å²) in [6.07, 6.45) is 5.27. The van der Waals surface area contributed by atoms with Crippen LogP contribution < -0.4 is 0 Å². The zero-order chi connectivity index (χ0) is 11.9. The van der Waals surface area contributed by atoms with Crippen molar-refractivity contribution >= 4 is 22.6 Å². The highest BCUT2D eigenvalue weighted by Gasteiger charge is 2.41. The van der Waals surface area contributed by atoms with Gasteiger partial charge in [-0.1, -0.05) is 0 Å². The van der Waals surface area contributed by atoms with Crippen molar-refractivity contribution in [1.29, 1.82) is 0 Å². The van der Waals surface area contributed by atoms with Gasteiger partial charge in [0.25, 0.3) is 0 Å². The summed E-state index contributed by atoms with van der Waals surface area (Å²) in [7, 11) is 0. The molecule has 2 unspecified atom stereocenters. The molecule has 2 aliphatic heterocycles. The number of aromatic nitrogens is 2. The van der Waals surface area contributed by atoms with Crippen molar-refractivity contribution in [1.82, 2.24) is 9.78 Å². The molecule has 2 aliphatic rings. The van der Waals surface area contributed by atoms with Crippen LogP contribution in [0, 0.1) is 10.6 Å². The highest BCUT2D eigenvalue weighted by Crippen LogP contribution is 2.37. The van der Waals surface area contributed by atoms with Gasteiger partial charge in [-0.05, 0) is 35.9 Å². The fraction of sp³-hybridized carbons (Fsp3) is 0.750. The lowest BCUT2D eigenvalue weighted by Gasteiger charge is -2.37. The molecule has 2 atom stereocenters. The van der Waals surface area contributed by atoms with Gasteiger partial charge in [-0.15, -0.1) is 0 Å². The summed E-state index contributed by atoms with van der Waals surface area (Å²) in [6.45, 7) is 4.52. The highest BCUT2D eigenvalue weighted by molar-refractivity contribution is 14.1. The van der Waals surface area contributed by atoms with Gasteiger partial charge in [-0.3, -0.25) is 4.68 Å². The van der Waals surface area contributed by atoms with Crippen LogP contribution in [0.15, 0.2) is 6.20 Å². The summed E-state index contributed by atoms with van der Waals surface area (Å²) in [5.74, 6) is 0. The van der Waals surface area contributed by atoms with Crippen LogP contribution in [-0.4, -0.2) is 35.2 Å². The number of nitrogens with zero attached hydrogens (tertiary/aromatic N) is 2.